The molecule has 1 aliphatic heterocycles. The number of nitrogens with one attached hydrogen (secondary N) is 1. The molecule has 0 bridgehead atoms. The van der Waals surface area contributed by atoms with Gasteiger partial charge in [0.15, 0.2) is 0 Å². The molecule has 0 aliphatic carbocycles. The lowest BCUT2D eigenvalue weighted by atomic mass is 10.3. The summed E-state index contributed by atoms with van der Waals surface area (Å²) in [4.78, 5) is 8.78. The molecule has 0 unspecified atom stereocenters. The van der Waals surface area contributed by atoms with E-state index in [0.717, 1.165) is 23.6 Å². The number of rotatable bonds is 4. The summed E-state index contributed by atoms with van der Waals surface area (Å²) in [6, 6.07) is 0. The Kier molecular flexibility index (Phi) is 3.24. The number of aryl methyl sites for hydroxylation is 1. The van der Waals surface area contributed by atoms with Crippen LogP contribution in [0.4, 0.5) is 5.82 Å². The van der Waals surface area contributed by atoms with Crippen molar-refractivity contribution in [1.29, 1.82) is 0 Å². The molecule has 0 saturated carbocycles. The van der Waals surface area contributed by atoms with Gasteiger partial charge in [0.25, 0.3) is 0 Å². The highest BCUT2D eigenvalue weighted by Crippen LogP contribution is 2.24. The maximum atomic E-state index is 5.75. The van der Waals surface area contributed by atoms with Crippen LogP contribution in [0.2, 0.25) is 0 Å². The molecule has 88 valence electrons. The maximum Gasteiger partial charge on any atom is 0.222 e. The van der Waals surface area contributed by atoms with Gasteiger partial charge in [0.1, 0.15) is 17.7 Å². The molecule has 1 saturated heterocycles. The van der Waals surface area contributed by atoms with Gasteiger partial charge in [-0.1, -0.05) is 6.92 Å². The topological polar surface area (TPSA) is 56.3 Å². The van der Waals surface area contributed by atoms with E-state index in [-0.39, 0.29) is 6.10 Å². The van der Waals surface area contributed by atoms with Crippen LogP contribution in [0.1, 0.15) is 18.3 Å². The van der Waals surface area contributed by atoms with Crippen LogP contribution >= 0.6 is 0 Å². The average Bonchev–Trinajstić information content (AvgIpc) is 2.25. The van der Waals surface area contributed by atoms with E-state index in [4.69, 9.17) is 9.47 Å². The molecule has 0 amide bonds. The lowest BCUT2D eigenvalue weighted by Gasteiger charge is -2.27. The summed E-state index contributed by atoms with van der Waals surface area (Å²) >= 11 is 0. The lowest BCUT2D eigenvalue weighted by Crippen LogP contribution is -2.39. The summed E-state index contributed by atoms with van der Waals surface area (Å²) in [6.45, 7) is 5.29. The van der Waals surface area contributed by atoms with Crippen molar-refractivity contribution >= 4 is 5.82 Å². The van der Waals surface area contributed by atoms with Crippen molar-refractivity contribution in [1.82, 2.24) is 9.97 Å². The molecule has 0 aromatic carbocycles. The van der Waals surface area contributed by atoms with Gasteiger partial charge in [-0.15, -0.1) is 0 Å². The predicted octanol–water partition coefficient (Wildman–Crippen LogP) is 1.17. The van der Waals surface area contributed by atoms with E-state index in [1.165, 1.54) is 0 Å². The van der Waals surface area contributed by atoms with E-state index in [9.17, 15) is 0 Å². The zero-order valence-corrected chi connectivity index (χ0v) is 9.91. The highest BCUT2D eigenvalue weighted by molar-refractivity contribution is 5.48. The molecule has 16 heavy (non-hydrogen) atoms. The first kappa shape index (κ1) is 11.1. The summed E-state index contributed by atoms with van der Waals surface area (Å²) in [5, 5.41) is 3.06. The van der Waals surface area contributed by atoms with Gasteiger partial charge in [0.05, 0.1) is 18.8 Å². The van der Waals surface area contributed by atoms with Gasteiger partial charge in [-0.25, -0.2) is 4.98 Å². The first-order valence-corrected chi connectivity index (χ1v) is 5.54. The van der Waals surface area contributed by atoms with Crippen molar-refractivity contribution in [2.24, 2.45) is 0 Å². The van der Waals surface area contributed by atoms with Crippen LogP contribution in [0.3, 0.4) is 0 Å². The van der Waals surface area contributed by atoms with Gasteiger partial charge in [-0.2, -0.15) is 4.98 Å². The number of anilines is 1. The minimum absolute atomic E-state index is 0.142. The van der Waals surface area contributed by atoms with Gasteiger partial charge < -0.3 is 14.8 Å². The van der Waals surface area contributed by atoms with E-state index in [1.807, 2.05) is 20.9 Å². The molecule has 0 radical (unpaired) electrons. The quantitative estimate of drug-likeness (QED) is 0.830. The maximum absolute atomic E-state index is 5.75. The second-order valence-corrected chi connectivity index (χ2v) is 3.80. The molecule has 1 aliphatic rings. The summed E-state index contributed by atoms with van der Waals surface area (Å²) in [6.07, 6.45) is 0.940. The zero-order chi connectivity index (χ0) is 11.5. The van der Waals surface area contributed by atoms with Gasteiger partial charge >= 0.3 is 0 Å². The Balaban J connectivity index is 2.25. The van der Waals surface area contributed by atoms with E-state index in [1.54, 1.807) is 0 Å². The second kappa shape index (κ2) is 4.65. The Bertz CT molecular complexity index is 378. The van der Waals surface area contributed by atoms with E-state index in [0.29, 0.717) is 19.1 Å². The second-order valence-electron chi connectivity index (χ2n) is 3.80. The zero-order valence-electron chi connectivity index (χ0n) is 9.91. The molecule has 2 heterocycles. The summed E-state index contributed by atoms with van der Waals surface area (Å²) < 4.78 is 10.8. The molecule has 1 aromatic rings. The van der Waals surface area contributed by atoms with Crippen molar-refractivity contribution < 1.29 is 9.47 Å². The van der Waals surface area contributed by atoms with Crippen LogP contribution in [0.25, 0.3) is 0 Å². The molecule has 2 rings (SSSR count). The molecule has 1 N–H and O–H groups in total. The van der Waals surface area contributed by atoms with Crippen molar-refractivity contribution in [3.05, 3.63) is 11.4 Å². The minimum Gasteiger partial charge on any atom is -0.469 e. The van der Waals surface area contributed by atoms with Crippen molar-refractivity contribution in [3.63, 3.8) is 0 Å². The highest BCUT2D eigenvalue weighted by Gasteiger charge is 2.22. The molecule has 0 atom stereocenters. The SMILES string of the molecule is CCc1nc(NC)c(C)c(OC2COC2)n1. The molecule has 1 fully saturated rings. The fourth-order valence-electron chi connectivity index (χ4n) is 1.50. The third-order valence-electron chi connectivity index (χ3n) is 2.59. The predicted molar refractivity (Wildman–Crippen MR) is 60.9 cm³/mol. The van der Waals surface area contributed by atoms with Crippen LogP contribution in [-0.2, 0) is 11.2 Å². The lowest BCUT2D eigenvalue weighted by molar-refractivity contribution is -0.0816. The number of ether oxygens (including phenoxy) is 2. The fourth-order valence-corrected chi connectivity index (χ4v) is 1.50. The Morgan fingerprint density at radius 2 is 2.19 bits per heavy atom. The molecule has 5 nitrogen and oxygen atoms in total. The summed E-state index contributed by atoms with van der Waals surface area (Å²) in [7, 11) is 1.85. The fraction of sp³-hybridized carbons (Fsp3) is 0.636. The van der Waals surface area contributed by atoms with Crippen LogP contribution in [0.15, 0.2) is 0 Å². The molecular weight excluding hydrogens is 206 g/mol. The minimum atomic E-state index is 0.142. The van der Waals surface area contributed by atoms with E-state index >= 15 is 0 Å². The molecule has 1 aromatic heterocycles. The number of hydrogen-bond donors (Lipinski definition) is 1. The smallest absolute Gasteiger partial charge is 0.222 e. The van der Waals surface area contributed by atoms with Gasteiger partial charge in [0, 0.05) is 13.5 Å². The van der Waals surface area contributed by atoms with Crippen molar-refractivity contribution in [3.8, 4) is 5.88 Å². The molecule has 0 spiro atoms. The third-order valence-corrected chi connectivity index (χ3v) is 2.59. The van der Waals surface area contributed by atoms with Gasteiger partial charge in [-0.05, 0) is 6.92 Å². The molecular formula is C11H17N3O2. The van der Waals surface area contributed by atoms with Crippen molar-refractivity contribution in [2.75, 3.05) is 25.6 Å². The van der Waals surface area contributed by atoms with Crippen LogP contribution in [0, 0.1) is 6.92 Å². The number of hydrogen-bond acceptors (Lipinski definition) is 5. The Labute approximate surface area is 95.2 Å². The number of nitrogens with zero attached hydrogens (tertiary/aromatic N) is 2. The molecule has 5 heteroatoms. The Morgan fingerprint density at radius 3 is 2.69 bits per heavy atom. The number of aromatic nitrogens is 2. The third kappa shape index (κ3) is 2.09. The summed E-state index contributed by atoms with van der Waals surface area (Å²) in [5.41, 5.74) is 0.951. The van der Waals surface area contributed by atoms with E-state index in [2.05, 4.69) is 15.3 Å². The van der Waals surface area contributed by atoms with Gasteiger partial charge in [-0.3, -0.25) is 0 Å². The Morgan fingerprint density at radius 1 is 1.44 bits per heavy atom. The van der Waals surface area contributed by atoms with Crippen LogP contribution in [-0.4, -0.2) is 36.3 Å². The van der Waals surface area contributed by atoms with Crippen LogP contribution < -0.4 is 10.1 Å². The average molecular weight is 223 g/mol. The first-order chi connectivity index (χ1) is 7.74. The van der Waals surface area contributed by atoms with Crippen molar-refractivity contribution in [2.45, 2.75) is 26.4 Å². The Hall–Kier alpha value is -1.36. The highest BCUT2D eigenvalue weighted by atomic mass is 16.6. The monoisotopic (exact) mass is 223 g/mol. The van der Waals surface area contributed by atoms with E-state index < -0.39 is 0 Å². The van der Waals surface area contributed by atoms with Gasteiger partial charge in [0.2, 0.25) is 5.88 Å². The first-order valence-electron chi connectivity index (χ1n) is 5.54. The normalized spacial score (nSPS) is 15.7. The largest absolute Gasteiger partial charge is 0.469 e. The summed E-state index contributed by atoms with van der Waals surface area (Å²) in [5.74, 6) is 2.30. The standard InChI is InChI=1S/C11H17N3O2/c1-4-9-13-10(12-3)7(2)11(14-9)16-8-5-15-6-8/h8H,4-6H2,1-3H3,(H,12,13,14). The van der Waals surface area contributed by atoms with Crippen LogP contribution in [0.5, 0.6) is 5.88 Å².